The predicted molar refractivity (Wildman–Crippen MR) is 74.1 cm³/mol. The van der Waals surface area contributed by atoms with Crippen molar-refractivity contribution in [3.8, 4) is 5.75 Å². The van der Waals surface area contributed by atoms with Crippen molar-refractivity contribution < 1.29 is 22.7 Å². The largest absolute Gasteiger partial charge is 0.482 e. The molecule has 4 nitrogen and oxygen atoms in total. The van der Waals surface area contributed by atoms with Gasteiger partial charge in [-0.1, -0.05) is 31.9 Å². The Morgan fingerprint density at radius 3 is 2.67 bits per heavy atom. The van der Waals surface area contributed by atoms with Crippen molar-refractivity contribution in [2.24, 2.45) is 5.73 Å². The van der Waals surface area contributed by atoms with E-state index in [1.807, 2.05) is 6.92 Å². The third kappa shape index (κ3) is 6.48. The van der Waals surface area contributed by atoms with E-state index in [1.165, 1.54) is 18.2 Å². The van der Waals surface area contributed by atoms with E-state index in [2.05, 4.69) is 10.1 Å². The molecule has 0 fully saturated rings. The minimum absolute atomic E-state index is 0.0362. The molecule has 7 heteroatoms. The standard InChI is InChI=1S/C14H19F3N2O2/c1-2-3-6-10(18)13(20)19-11-7-4-5-8-12(11)21-9-14(15,16)17/h4-5,7-8,10H,2-3,6,9,18H2,1H3,(H,19,20)/t10-/m0/s1. The number of rotatable bonds is 7. The first-order chi connectivity index (χ1) is 9.83. The lowest BCUT2D eigenvalue weighted by atomic mass is 10.1. The van der Waals surface area contributed by atoms with E-state index in [4.69, 9.17) is 5.73 Å². The number of ether oxygens (including phenoxy) is 1. The lowest BCUT2D eigenvalue weighted by Gasteiger charge is -2.16. The van der Waals surface area contributed by atoms with E-state index in [0.29, 0.717) is 6.42 Å². The number of para-hydroxylation sites is 2. The fourth-order valence-corrected chi connectivity index (χ4v) is 1.64. The zero-order chi connectivity index (χ0) is 15.9. The van der Waals surface area contributed by atoms with Crippen LogP contribution in [0.5, 0.6) is 5.75 Å². The average molecular weight is 304 g/mol. The van der Waals surface area contributed by atoms with Crippen LogP contribution in [0.1, 0.15) is 26.2 Å². The van der Waals surface area contributed by atoms with Gasteiger partial charge in [-0.3, -0.25) is 4.79 Å². The summed E-state index contributed by atoms with van der Waals surface area (Å²) in [5, 5.41) is 2.50. The number of unbranched alkanes of at least 4 members (excludes halogenated alkanes) is 1. The Morgan fingerprint density at radius 1 is 1.38 bits per heavy atom. The van der Waals surface area contributed by atoms with E-state index in [1.54, 1.807) is 6.07 Å². The number of halogens is 3. The van der Waals surface area contributed by atoms with Crippen LogP contribution in [0.15, 0.2) is 24.3 Å². The van der Waals surface area contributed by atoms with Crippen LogP contribution >= 0.6 is 0 Å². The van der Waals surface area contributed by atoms with Gasteiger partial charge in [-0.2, -0.15) is 13.2 Å². The Balaban J connectivity index is 2.68. The molecule has 0 saturated heterocycles. The molecule has 1 rings (SSSR count). The molecule has 0 unspecified atom stereocenters. The highest BCUT2D eigenvalue weighted by Gasteiger charge is 2.29. The van der Waals surface area contributed by atoms with Crippen LogP contribution in [0.4, 0.5) is 18.9 Å². The minimum atomic E-state index is -4.44. The first-order valence-electron chi connectivity index (χ1n) is 6.68. The maximum absolute atomic E-state index is 12.2. The Morgan fingerprint density at radius 2 is 2.05 bits per heavy atom. The number of carbonyl (C=O) groups is 1. The van der Waals surface area contributed by atoms with Gasteiger partial charge in [0.05, 0.1) is 11.7 Å². The van der Waals surface area contributed by atoms with Crippen molar-refractivity contribution in [1.82, 2.24) is 0 Å². The minimum Gasteiger partial charge on any atom is -0.482 e. The second-order valence-electron chi connectivity index (χ2n) is 4.64. The highest BCUT2D eigenvalue weighted by molar-refractivity contribution is 5.95. The van der Waals surface area contributed by atoms with Crippen LogP contribution in [0.3, 0.4) is 0 Å². The van der Waals surface area contributed by atoms with Crippen LogP contribution in [-0.4, -0.2) is 24.7 Å². The first-order valence-corrected chi connectivity index (χ1v) is 6.68. The molecule has 1 atom stereocenters. The van der Waals surface area contributed by atoms with Gasteiger partial charge in [0.1, 0.15) is 5.75 Å². The lowest BCUT2D eigenvalue weighted by molar-refractivity contribution is -0.153. The number of benzene rings is 1. The van der Waals surface area contributed by atoms with Crippen LogP contribution in [0.2, 0.25) is 0 Å². The number of nitrogens with one attached hydrogen (secondary N) is 1. The Kier molecular flexibility index (Phi) is 6.48. The highest BCUT2D eigenvalue weighted by Crippen LogP contribution is 2.26. The molecular weight excluding hydrogens is 285 g/mol. The first kappa shape index (κ1) is 17.3. The summed E-state index contributed by atoms with van der Waals surface area (Å²) in [6.07, 6.45) is -2.20. The molecule has 0 aromatic heterocycles. The maximum atomic E-state index is 12.2. The van der Waals surface area contributed by atoms with Gasteiger partial charge in [0, 0.05) is 0 Å². The number of carbonyl (C=O) groups excluding carboxylic acids is 1. The smallest absolute Gasteiger partial charge is 0.422 e. The second-order valence-corrected chi connectivity index (χ2v) is 4.64. The van der Waals surface area contributed by atoms with Crippen LogP contribution in [-0.2, 0) is 4.79 Å². The number of hydrogen-bond donors (Lipinski definition) is 2. The maximum Gasteiger partial charge on any atom is 0.422 e. The number of anilines is 1. The Bertz CT molecular complexity index is 464. The quantitative estimate of drug-likeness (QED) is 0.813. The summed E-state index contributed by atoms with van der Waals surface area (Å²) in [5.74, 6) is -0.475. The summed E-state index contributed by atoms with van der Waals surface area (Å²) in [6.45, 7) is 0.562. The zero-order valence-corrected chi connectivity index (χ0v) is 11.7. The topological polar surface area (TPSA) is 64.4 Å². The third-order valence-corrected chi connectivity index (χ3v) is 2.74. The predicted octanol–water partition coefficient (Wildman–Crippen LogP) is 3.08. The van der Waals surface area contributed by atoms with Gasteiger partial charge in [0.2, 0.25) is 5.91 Å². The number of hydrogen-bond acceptors (Lipinski definition) is 3. The SMILES string of the molecule is CCCC[C@H](N)C(=O)Nc1ccccc1OCC(F)(F)F. The summed E-state index contributed by atoms with van der Waals surface area (Å²) in [6, 6.07) is 5.25. The van der Waals surface area contributed by atoms with E-state index in [-0.39, 0.29) is 11.4 Å². The summed E-state index contributed by atoms with van der Waals surface area (Å²) >= 11 is 0. The number of nitrogens with two attached hydrogens (primary N) is 1. The molecule has 0 aliphatic carbocycles. The van der Waals surface area contributed by atoms with E-state index in [9.17, 15) is 18.0 Å². The van der Waals surface area contributed by atoms with Crippen molar-refractivity contribution in [3.63, 3.8) is 0 Å². The Labute approximate surface area is 121 Å². The lowest BCUT2D eigenvalue weighted by Crippen LogP contribution is -2.35. The molecule has 0 radical (unpaired) electrons. The molecule has 0 bridgehead atoms. The van der Waals surface area contributed by atoms with Gasteiger partial charge >= 0.3 is 6.18 Å². The van der Waals surface area contributed by atoms with Crippen LogP contribution in [0, 0.1) is 0 Å². The second kappa shape index (κ2) is 7.87. The van der Waals surface area contributed by atoms with Crippen molar-refractivity contribution in [2.45, 2.75) is 38.4 Å². The Hall–Kier alpha value is -1.76. The normalized spacial score (nSPS) is 12.8. The average Bonchev–Trinajstić information content (AvgIpc) is 2.42. The van der Waals surface area contributed by atoms with Gasteiger partial charge in [-0.15, -0.1) is 0 Å². The molecule has 0 spiro atoms. The van der Waals surface area contributed by atoms with E-state index >= 15 is 0 Å². The molecule has 0 aliphatic heterocycles. The zero-order valence-electron chi connectivity index (χ0n) is 11.7. The molecule has 0 saturated carbocycles. The number of amides is 1. The summed E-state index contributed by atoms with van der Waals surface area (Å²) < 4.78 is 41.2. The fourth-order valence-electron chi connectivity index (χ4n) is 1.64. The molecule has 1 aromatic rings. The van der Waals surface area contributed by atoms with E-state index < -0.39 is 24.7 Å². The fraction of sp³-hybridized carbons (Fsp3) is 0.500. The van der Waals surface area contributed by atoms with Gasteiger partial charge in [0.25, 0.3) is 0 Å². The van der Waals surface area contributed by atoms with Gasteiger partial charge < -0.3 is 15.8 Å². The molecule has 21 heavy (non-hydrogen) atoms. The van der Waals surface area contributed by atoms with Crippen LogP contribution < -0.4 is 15.8 Å². The van der Waals surface area contributed by atoms with Crippen molar-refractivity contribution in [2.75, 3.05) is 11.9 Å². The summed E-state index contributed by atoms with van der Waals surface area (Å²) in [5.41, 5.74) is 5.89. The van der Waals surface area contributed by atoms with Crippen molar-refractivity contribution in [1.29, 1.82) is 0 Å². The monoisotopic (exact) mass is 304 g/mol. The summed E-state index contributed by atoms with van der Waals surface area (Å²) in [7, 11) is 0. The molecule has 0 heterocycles. The van der Waals surface area contributed by atoms with Crippen molar-refractivity contribution >= 4 is 11.6 Å². The molecule has 1 amide bonds. The van der Waals surface area contributed by atoms with Gasteiger partial charge in [-0.05, 0) is 18.6 Å². The highest BCUT2D eigenvalue weighted by atomic mass is 19.4. The molecule has 0 aliphatic rings. The van der Waals surface area contributed by atoms with Gasteiger partial charge in [0.15, 0.2) is 6.61 Å². The van der Waals surface area contributed by atoms with Gasteiger partial charge in [-0.25, -0.2) is 0 Å². The third-order valence-electron chi connectivity index (χ3n) is 2.74. The molecular formula is C14H19F3N2O2. The number of alkyl halides is 3. The van der Waals surface area contributed by atoms with Crippen molar-refractivity contribution in [3.05, 3.63) is 24.3 Å². The summed E-state index contributed by atoms with van der Waals surface area (Å²) in [4.78, 5) is 11.9. The van der Waals surface area contributed by atoms with E-state index in [0.717, 1.165) is 12.8 Å². The van der Waals surface area contributed by atoms with Crippen LogP contribution in [0.25, 0.3) is 0 Å². The molecule has 1 aromatic carbocycles. The molecule has 3 N–H and O–H groups in total. The molecule has 118 valence electrons.